The molecule has 7 heteroatoms. The van der Waals surface area contributed by atoms with Gasteiger partial charge in [0.25, 0.3) is 0 Å². The maximum atomic E-state index is 12.0. The molecule has 0 atom stereocenters. The number of nitrogens with one attached hydrogen (secondary N) is 1. The van der Waals surface area contributed by atoms with Crippen molar-refractivity contribution in [1.29, 1.82) is 0 Å². The Balaban J connectivity index is 1.95. The number of amides is 1. The van der Waals surface area contributed by atoms with Crippen molar-refractivity contribution in [3.8, 4) is 5.75 Å². The topological polar surface area (TPSA) is 38.3 Å². The number of rotatable bonds is 4. The average Bonchev–Trinajstić information content (AvgIpc) is 2.46. The van der Waals surface area contributed by atoms with Crippen LogP contribution in [0.1, 0.15) is 5.56 Å². The number of alkyl halides is 3. The van der Waals surface area contributed by atoms with Crippen LogP contribution in [0.5, 0.6) is 5.75 Å². The third-order valence-corrected chi connectivity index (χ3v) is 3.12. The number of carbonyl (C=O) groups is 1. The molecule has 0 saturated heterocycles. The molecular weight excluding hydrogens is 375 g/mol. The number of carbonyl (C=O) groups excluding carboxylic acids is 1. The highest BCUT2D eigenvalue weighted by molar-refractivity contribution is 9.10. The average molecular weight is 386 g/mol. The minimum absolute atomic E-state index is 0.347. The van der Waals surface area contributed by atoms with Crippen molar-refractivity contribution in [2.75, 3.05) is 5.32 Å². The van der Waals surface area contributed by atoms with E-state index in [9.17, 15) is 18.0 Å². The van der Waals surface area contributed by atoms with E-state index in [2.05, 4.69) is 26.0 Å². The van der Waals surface area contributed by atoms with E-state index in [0.29, 0.717) is 5.69 Å². The van der Waals surface area contributed by atoms with Crippen molar-refractivity contribution in [3.63, 3.8) is 0 Å². The van der Waals surface area contributed by atoms with Gasteiger partial charge in [0.2, 0.25) is 5.91 Å². The van der Waals surface area contributed by atoms with E-state index in [4.69, 9.17) is 0 Å². The van der Waals surface area contributed by atoms with Crippen LogP contribution in [0, 0.1) is 0 Å². The summed E-state index contributed by atoms with van der Waals surface area (Å²) in [4.78, 5) is 11.8. The summed E-state index contributed by atoms with van der Waals surface area (Å²) >= 11 is 3.32. The monoisotopic (exact) mass is 385 g/mol. The Morgan fingerprint density at radius 1 is 1.13 bits per heavy atom. The molecule has 0 heterocycles. The van der Waals surface area contributed by atoms with Gasteiger partial charge in [-0.2, -0.15) is 0 Å². The predicted molar refractivity (Wildman–Crippen MR) is 84.9 cm³/mol. The fraction of sp³-hybridized carbons (Fsp3) is 0.0625. The first-order chi connectivity index (χ1) is 10.8. The van der Waals surface area contributed by atoms with Crippen LogP contribution in [0.4, 0.5) is 18.9 Å². The van der Waals surface area contributed by atoms with Gasteiger partial charge < -0.3 is 10.1 Å². The van der Waals surface area contributed by atoms with Gasteiger partial charge >= 0.3 is 6.36 Å². The molecule has 0 bridgehead atoms. The van der Waals surface area contributed by atoms with Crippen LogP contribution in [-0.2, 0) is 4.79 Å². The first-order valence-corrected chi connectivity index (χ1v) is 7.21. The minimum atomic E-state index is -4.74. The Labute approximate surface area is 138 Å². The number of benzene rings is 2. The third-order valence-electron chi connectivity index (χ3n) is 2.63. The molecule has 3 nitrogen and oxygen atoms in total. The molecule has 0 aliphatic rings. The van der Waals surface area contributed by atoms with Gasteiger partial charge in [-0.05, 0) is 48.0 Å². The van der Waals surface area contributed by atoms with Gasteiger partial charge in [0, 0.05) is 16.2 Å². The number of anilines is 1. The second kappa shape index (κ2) is 7.32. The summed E-state index contributed by atoms with van der Waals surface area (Å²) < 4.78 is 40.7. The van der Waals surface area contributed by atoms with Crippen molar-refractivity contribution in [3.05, 3.63) is 64.6 Å². The molecule has 1 amide bonds. The van der Waals surface area contributed by atoms with Crippen LogP contribution in [0.2, 0.25) is 0 Å². The zero-order valence-corrected chi connectivity index (χ0v) is 13.2. The largest absolute Gasteiger partial charge is 0.573 e. The van der Waals surface area contributed by atoms with E-state index in [-0.39, 0.29) is 5.75 Å². The number of halogens is 4. The highest BCUT2D eigenvalue weighted by atomic mass is 79.9. The highest BCUT2D eigenvalue weighted by Gasteiger charge is 2.30. The maximum Gasteiger partial charge on any atom is 0.573 e. The molecule has 120 valence electrons. The molecule has 2 aromatic rings. The van der Waals surface area contributed by atoms with Gasteiger partial charge in [0.15, 0.2) is 0 Å². The highest BCUT2D eigenvalue weighted by Crippen LogP contribution is 2.24. The lowest BCUT2D eigenvalue weighted by atomic mass is 10.2. The molecule has 2 aromatic carbocycles. The van der Waals surface area contributed by atoms with Gasteiger partial charge in [0.1, 0.15) is 5.75 Å². The SMILES string of the molecule is O=C(/C=C/c1cccc(Br)c1)Nc1ccc(OC(F)(F)F)cc1. The Hall–Kier alpha value is -2.28. The molecular formula is C16H11BrF3NO2. The van der Waals surface area contributed by atoms with Crippen molar-refractivity contribution < 1.29 is 22.7 Å². The number of hydrogen-bond acceptors (Lipinski definition) is 2. The van der Waals surface area contributed by atoms with Gasteiger partial charge in [-0.1, -0.05) is 28.1 Å². The van der Waals surface area contributed by atoms with Gasteiger partial charge in [-0.25, -0.2) is 0 Å². The van der Waals surface area contributed by atoms with Crippen molar-refractivity contribution in [2.24, 2.45) is 0 Å². The molecule has 0 saturated carbocycles. The van der Waals surface area contributed by atoms with Crippen molar-refractivity contribution in [2.45, 2.75) is 6.36 Å². The number of hydrogen-bond donors (Lipinski definition) is 1. The van der Waals surface area contributed by atoms with Crippen LogP contribution >= 0.6 is 15.9 Å². The van der Waals surface area contributed by atoms with Crippen LogP contribution < -0.4 is 10.1 Å². The van der Waals surface area contributed by atoms with E-state index in [1.165, 1.54) is 18.2 Å². The van der Waals surface area contributed by atoms with Crippen LogP contribution in [0.25, 0.3) is 6.08 Å². The van der Waals surface area contributed by atoms with Gasteiger partial charge in [-0.3, -0.25) is 4.79 Å². The number of ether oxygens (including phenoxy) is 1. The second-order valence-electron chi connectivity index (χ2n) is 4.45. The summed E-state index contributed by atoms with van der Waals surface area (Å²) in [5.41, 5.74) is 1.20. The molecule has 2 rings (SSSR count). The Kier molecular flexibility index (Phi) is 5.44. The van der Waals surface area contributed by atoms with E-state index in [1.54, 1.807) is 6.08 Å². The summed E-state index contributed by atoms with van der Waals surface area (Å²) in [5.74, 6) is -0.741. The van der Waals surface area contributed by atoms with Crippen molar-refractivity contribution in [1.82, 2.24) is 0 Å². The van der Waals surface area contributed by atoms with Crippen LogP contribution in [-0.4, -0.2) is 12.3 Å². The second-order valence-corrected chi connectivity index (χ2v) is 5.37. The van der Waals surface area contributed by atoms with E-state index >= 15 is 0 Å². The van der Waals surface area contributed by atoms with Crippen LogP contribution in [0.15, 0.2) is 59.1 Å². The first kappa shape index (κ1) is 17.1. The Morgan fingerprint density at radius 2 is 1.83 bits per heavy atom. The molecule has 23 heavy (non-hydrogen) atoms. The van der Waals surface area contributed by atoms with Crippen LogP contribution in [0.3, 0.4) is 0 Å². The summed E-state index contributed by atoms with van der Waals surface area (Å²) in [6.07, 6.45) is -1.78. The van der Waals surface area contributed by atoms with Gasteiger partial charge in [0.05, 0.1) is 0 Å². The summed E-state index contributed by atoms with van der Waals surface area (Å²) in [6, 6.07) is 12.3. The fourth-order valence-corrected chi connectivity index (χ4v) is 2.12. The summed E-state index contributed by atoms with van der Waals surface area (Å²) in [6.45, 7) is 0. The standard InChI is InChI=1S/C16H11BrF3NO2/c17-12-3-1-2-11(10-12)4-9-15(22)21-13-5-7-14(8-6-13)23-16(18,19)20/h1-10H,(H,21,22)/b9-4+. The lowest BCUT2D eigenvalue weighted by Crippen LogP contribution is -2.17. The maximum absolute atomic E-state index is 12.0. The van der Waals surface area contributed by atoms with E-state index in [1.807, 2.05) is 24.3 Å². The fourth-order valence-electron chi connectivity index (χ4n) is 1.71. The van der Waals surface area contributed by atoms with E-state index < -0.39 is 12.3 Å². The zero-order valence-electron chi connectivity index (χ0n) is 11.6. The molecule has 1 N–H and O–H groups in total. The quantitative estimate of drug-likeness (QED) is 0.752. The molecule has 0 spiro atoms. The smallest absolute Gasteiger partial charge is 0.406 e. The van der Waals surface area contributed by atoms with Gasteiger partial charge in [-0.15, -0.1) is 13.2 Å². The summed E-state index contributed by atoms with van der Waals surface area (Å²) in [5, 5.41) is 2.54. The minimum Gasteiger partial charge on any atom is -0.406 e. The lowest BCUT2D eigenvalue weighted by Gasteiger charge is -2.09. The van der Waals surface area contributed by atoms with Crippen molar-refractivity contribution >= 4 is 33.6 Å². The first-order valence-electron chi connectivity index (χ1n) is 6.42. The molecule has 0 unspecified atom stereocenters. The lowest BCUT2D eigenvalue weighted by molar-refractivity contribution is -0.274. The Morgan fingerprint density at radius 3 is 2.43 bits per heavy atom. The van der Waals surface area contributed by atoms with E-state index in [0.717, 1.165) is 22.2 Å². The molecule has 0 aromatic heterocycles. The predicted octanol–water partition coefficient (Wildman–Crippen LogP) is 5.00. The zero-order chi connectivity index (χ0) is 16.9. The molecule has 0 aliphatic carbocycles. The Bertz CT molecular complexity index is 712. The molecule has 0 radical (unpaired) electrons. The third kappa shape index (κ3) is 6.15. The molecule has 0 aliphatic heterocycles. The molecule has 0 fully saturated rings. The normalized spacial score (nSPS) is 11.5. The summed E-state index contributed by atoms with van der Waals surface area (Å²) in [7, 11) is 0.